The van der Waals surface area contributed by atoms with Crippen LogP contribution in [0.5, 0.6) is 0 Å². The van der Waals surface area contributed by atoms with Crippen molar-refractivity contribution in [2.75, 3.05) is 38.2 Å². The fourth-order valence-corrected chi connectivity index (χ4v) is 2.69. The van der Waals surface area contributed by atoms with E-state index in [1.54, 1.807) is 17.3 Å². The molecule has 0 spiro atoms. The number of carbonyl (C=O) groups is 1. The standard InChI is InChI=1S/C18H21N3O3/c22-12-14-11-21(7-8-24-13-14)18(23)20-17-5-1-3-15(9-17)16-4-2-6-19-10-16/h1-6,9-10,14,22H,7-8,11-13H2,(H,20,23)/t14-/m0/s1. The first kappa shape index (κ1) is 16.4. The van der Waals surface area contributed by atoms with Crippen molar-refractivity contribution in [3.63, 3.8) is 0 Å². The van der Waals surface area contributed by atoms with Crippen molar-refractivity contribution in [2.45, 2.75) is 0 Å². The Labute approximate surface area is 141 Å². The second-order valence-corrected chi connectivity index (χ2v) is 5.82. The van der Waals surface area contributed by atoms with Crippen LogP contribution < -0.4 is 5.32 Å². The summed E-state index contributed by atoms with van der Waals surface area (Å²) in [6, 6.07) is 11.3. The number of amides is 2. The van der Waals surface area contributed by atoms with Gasteiger partial charge in [-0.2, -0.15) is 0 Å². The van der Waals surface area contributed by atoms with Crippen LogP contribution in [-0.4, -0.2) is 53.9 Å². The van der Waals surface area contributed by atoms with Gasteiger partial charge in [0.05, 0.1) is 13.2 Å². The van der Waals surface area contributed by atoms with Gasteiger partial charge in [-0.25, -0.2) is 4.79 Å². The topological polar surface area (TPSA) is 74.7 Å². The van der Waals surface area contributed by atoms with Crippen molar-refractivity contribution < 1.29 is 14.6 Å². The van der Waals surface area contributed by atoms with E-state index < -0.39 is 0 Å². The SMILES string of the molecule is O=C(Nc1cccc(-c2cccnc2)c1)N1CCOC[C@H](CO)C1. The summed E-state index contributed by atoms with van der Waals surface area (Å²) in [5.74, 6) is -0.0417. The summed E-state index contributed by atoms with van der Waals surface area (Å²) in [6.07, 6.45) is 3.52. The van der Waals surface area contributed by atoms with Crippen molar-refractivity contribution in [1.29, 1.82) is 0 Å². The Hall–Kier alpha value is -2.44. The van der Waals surface area contributed by atoms with Gasteiger partial charge >= 0.3 is 6.03 Å². The first-order valence-electron chi connectivity index (χ1n) is 8.01. The molecule has 1 fully saturated rings. The van der Waals surface area contributed by atoms with E-state index in [-0.39, 0.29) is 18.6 Å². The van der Waals surface area contributed by atoms with Crippen LogP contribution in [0.25, 0.3) is 11.1 Å². The van der Waals surface area contributed by atoms with Gasteiger partial charge in [-0.1, -0.05) is 18.2 Å². The molecule has 1 aromatic heterocycles. The predicted molar refractivity (Wildman–Crippen MR) is 91.7 cm³/mol. The molecule has 24 heavy (non-hydrogen) atoms. The lowest BCUT2D eigenvalue weighted by Crippen LogP contribution is -2.39. The lowest BCUT2D eigenvalue weighted by atomic mass is 10.1. The minimum atomic E-state index is -0.178. The predicted octanol–water partition coefficient (Wildman–Crippen LogP) is 2.22. The number of carbonyl (C=O) groups excluding carboxylic acids is 1. The minimum absolute atomic E-state index is 0.0142. The molecule has 1 atom stereocenters. The second-order valence-electron chi connectivity index (χ2n) is 5.82. The summed E-state index contributed by atoms with van der Waals surface area (Å²) in [5, 5.41) is 12.2. The van der Waals surface area contributed by atoms with Gasteiger partial charge in [0, 0.05) is 49.3 Å². The molecule has 0 aliphatic carbocycles. The summed E-state index contributed by atoms with van der Waals surface area (Å²) in [7, 11) is 0. The maximum absolute atomic E-state index is 12.5. The highest BCUT2D eigenvalue weighted by Crippen LogP contribution is 2.22. The number of ether oxygens (including phenoxy) is 1. The average molecular weight is 327 g/mol. The van der Waals surface area contributed by atoms with Crippen molar-refractivity contribution in [1.82, 2.24) is 9.88 Å². The summed E-state index contributed by atoms with van der Waals surface area (Å²) in [5.41, 5.74) is 2.72. The molecular formula is C18H21N3O3. The van der Waals surface area contributed by atoms with Crippen LogP contribution in [0.2, 0.25) is 0 Å². The van der Waals surface area contributed by atoms with Crippen LogP contribution in [0.1, 0.15) is 0 Å². The summed E-state index contributed by atoms with van der Waals surface area (Å²) >= 11 is 0. The van der Waals surface area contributed by atoms with E-state index in [0.717, 1.165) is 16.8 Å². The van der Waals surface area contributed by atoms with Gasteiger partial charge in [0.25, 0.3) is 0 Å². The van der Waals surface area contributed by atoms with Crippen LogP contribution in [0.3, 0.4) is 0 Å². The number of rotatable bonds is 3. The molecule has 2 N–H and O–H groups in total. The molecule has 0 unspecified atom stereocenters. The Morgan fingerprint density at radius 3 is 3.00 bits per heavy atom. The van der Waals surface area contributed by atoms with E-state index in [2.05, 4.69) is 10.3 Å². The lowest BCUT2D eigenvalue weighted by Gasteiger charge is -2.23. The van der Waals surface area contributed by atoms with Crippen molar-refractivity contribution >= 4 is 11.7 Å². The lowest BCUT2D eigenvalue weighted by molar-refractivity contribution is 0.0958. The van der Waals surface area contributed by atoms with Crippen molar-refractivity contribution in [3.8, 4) is 11.1 Å². The molecule has 0 radical (unpaired) electrons. The zero-order valence-corrected chi connectivity index (χ0v) is 13.4. The number of hydrogen-bond donors (Lipinski definition) is 2. The highest BCUT2D eigenvalue weighted by molar-refractivity contribution is 5.90. The number of aliphatic hydroxyl groups excluding tert-OH is 1. The second kappa shape index (κ2) is 7.90. The maximum atomic E-state index is 12.5. The normalized spacial score (nSPS) is 18.0. The number of urea groups is 1. The number of nitrogens with zero attached hydrogens (tertiary/aromatic N) is 2. The Kier molecular flexibility index (Phi) is 5.40. The van der Waals surface area contributed by atoms with Gasteiger partial charge < -0.3 is 20.1 Å². The van der Waals surface area contributed by atoms with E-state index in [0.29, 0.717) is 26.3 Å². The number of aliphatic hydroxyl groups is 1. The Balaban J connectivity index is 1.70. The Bertz CT molecular complexity index is 678. The van der Waals surface area contributed by atoms with E-state index in [4.69, 9.17) is 4.74 Å². The average Bonchev–Trinajstić information content (AvgIpc) is 2.88. The molecule has 0 saturated carbocycles. The van der Waals surface area contributed by atoms with E-state index in [1.807, 2.05) is 36.4 Å². The fraction of sp³-hybridized carbons (Fsp3) is 0.333. The third-order valence-corrected chi connectivity index (χ3v) is 3.99. The quantitative estimate of drug-likeness (QED) is 0.906. The molecule has 1 aromatic carbocycles. The van der Waals surface area contributed by atoms with E-state index in [9.17, 15) is 9.90 Å². The number of pyridine rings is 1. The summed E-state index contributed by atoms with van der Waals surface area (Å²) in [6.45, 7) is 1.99. The minimum Gasteiger partial charge on any atom is -0.396 e. The van der Waals surface area contributed by atoms with Gasteiger partial charge in [0.15, 0.2) is 0 Å². The van der Waals surface area contributed by atoms with Gasteiger partial charge in [-0.15, -0.1) is 0 Å². The van der Waals surface area contributed by atoms with Gasteiger partial charge in [-0.05, 0) is 23.8 Å². The number of anilines is 1. The smallest absolute Gasteiger partial charge is 0.321 e. The largest absolute Gasteiger partial charge is 0.396 e. The molecule has 2 heterocycles. The monoisotopic (exact) mass is 327 g/mol. The zero-order chi connectivity index (χ0) is 16.8. The van der Waals surface area contributed by atoms with Crippen molar-refractivity contribution in [2.24, 2.45) is 5.92 Å². The molecule has 6 nitrogen and oxygen atoms in total. The Morgan fingerprint density at radius 2 is 2.21 bits per heavy atom. The summed E-state index contributed by atoms with van der Waals surface area (Å²) in [4.78, 5) is 18.3. The molecule has 1 aliphatic heterocycles. The van der Waals surface area contributed by atoms with E-state index >= 15 is 0 Å². The van der Waals surface area contributed by atoms with Crippen LogP contribution in [0.4, 0.5) is 10.5 Å². The third kappa shape index (κ3) is 4.10. The maximum Gasteiger partial charge on any atom is 0.321 e. The zero-order valence-electron chi connectivity index (χ0n) is 13.4. The molecule has 126 valence electrons. The molecule has 2 aromatic rings. The first-order chi connectivity index (χ1) is 11.8. The van der Waals surface area contributed by atoms with Gasteiger partial charge in [0.1, 0.15) is 0 Å². The number of aromatic nitrogens is 1. The number of nitrogens with one attached hydrogen (secondary N) is 1. The third-order valence-electron chi connectivity index (χ3n) is 3.99. The number of hydrogen-bond acceptors (Lipinski definition) is 4. The molecular weight excluding hydrogens is 306 g/mol. The first-order valence-corrected chi connectivity index (χ1v) is 8.01. The fourth-order valence-electron chi connectivity index (χ4n) is 2.69. The molecule has 0 bridgehead atoms. The molecule has 1 saturated heterocycles. The van der Waals surface area contributed by atoms with Crippen LogP contribution >= 0.6 is 0 Å². The Morgan fingerprint density at radius 1 is 1.33 bits per heavy atom. The molecule has 1 aliphatic rings. The van der Waals surface area contributed by atoms with Crippen LogP contribution in [-0.2, 0) is 4.74 Å². The van der Waals surface area contributed by atoms with Gasteiger partial charge in [0.2, 0.25) is 0 Å². The van der Waals surface area contributed by atoms with E-state index in [1.165, 1.54) is 0 Å². The number of benzene rings is 1. The highest BCUT2D eigenvalue weighted by atomic mass is 16.5. The summed E-state index contributed by atoms with van der Waals surface area (Å²) < 4.78 is 5.42. The molecule has 6 heteroatoms. The van der Waals surface area contributed by atoms with Crippen LogP contribution in [0.15, 0.2) is 48.8 Å². The highest BCUT2D eigenvalue weighted by Gasteiger charge is 2.22. The molecule has 3 rings (SSSR count). The van der Waals surface area contributed by atoms with Crippen LogP contribution in [0, 0.1) is 5.92 Å². The van der Waals surface area contributed by atoms with Crippen molar-refractivity contribution in [3.05, 3.63) is 48.8 Å². The van der Waals surface area contributed by atoms with Gasteiger partial charge in [-0.3, -0.25) is 4.98 Å². The molecule has 2 amide bonds.